The van der Waals surface area contributed by atoms with E-state index in [4.69, 9.17) is 10.00 Å². The molecule has 0 saturated carbocycles. The summed E-state index contributed by atoms with van der Waals surface area (Å²) in [6, 6.07) is 5.77. The second-order valence-corrected chi connectivity index (χ2v) is 3.50. The van der Waals surface area contributed by atoms with Crippen molar-refractivity contribution in [3.8, 4) is 6.07 Å². The number of nitrogens with zero attached hydrogens (tertiary/aromatic N) is 1. The second-order valence-electron chi connectivity index (χ2n) is 3.50. The molecule has 17 heavy (non-hydrogen) atoms. The van der Waals surface area contributed by atoms with E-state index in [2.05, 4.69) is 5.32 Å². The normalized spacial score (nSPS) is 11.9. The minimum atomic E-state index is -0.661. The first-order valence-electron chi connectivity index (χ1n) is 5.36. The van der Waals surface area contributed by atoms with Gasteiger partial charge in [0.15, 0.2) is 0 Å². The Balaban J connectivity index is 2.54. The van der Waals surface area contributed by atoms with Gasteiger partial charge in [-0.25, -0.2) is 4.39 Å². The van der Waals surface area contributed by atoms with E-state index in [1.165, 1.54) is 12.1 Å². The zero-order valence-corrected chi connectivity index (χ0v) is 9.61. The summed E-state index contributed by atoms with van der Waals surface area (Å²) in [5, 5.41) is 21.2. The van der Waals surface area contributed by atoms with E-state index in [-0.39, 0.29) is 18.7 Å². The van der Waals surface area contributed by atoms with Crippen LogP contribution in [0.4, 0.5) is 10.1 Å². The molecule has 1 aromatic rings. The number of aliphatic hydroxyl groups excluding tert-OH is 1. The lowest BCUT2D eigenvalue weighted by atomic mass is 10.2. The van der Waals surface area contributed by atoms with Crippen molar-refractivity contribution in [2.75, 3.05) is 25.1 Å². The minimum absolute atomic E-state index is 0.216. The minimum Gasteiger partial charge on any atom is -0.389 e. The molecular weight excluding hydrogens is 223 g/mol. The molecule has 0 aliphatic heterocycles. The molecule has 0 aliphatic carbocycles. The van der Waals surface area contributed by atoms with Gasteiger partial charge in [-0.2, -0.15) is 5.26 Å². The quantitative estimate of drug-likeness (QED) is 0.788. The van der Waals surface area contributed by atoms with Crippen LogP contribution in [0.25, 0.3) is 0 Å². The van der Waals surface area contributed by atoms with Crippen molar-refractivity contribution in [3.63, 3.8) is 0 Å². The van der Waals surface area contributed by atoms with Crippen LogP contribution in [-0.2, 0) is 4.74 Å². The van der Waals surface area contributed by atoms with Gasteiger partial charge in [0, 0.05) is 13.2 Å². The summed E-state index contributed by atoms with van der Waals surface area (Å²) < 4.78 is 17.9. The number of hydrogen-bond acceptors (Lipinski definition) is 4. The van der Waals surface area contributed by atoms with E-state index >= 15 is 0 Å². The summed E-state index contributed by atoms with van der Waals surface area (Å²) in [4.78, 5) is 0. The Labute approximate surface area is 99.6 Å². The van der Waals surface area contributed by atoms with Crippen LogP contribution in [-0.4, -0.2) is 31.0 Å². The molecule has 0 spiro atoms. The van der Waals surface area contributed by atoms with Crippen molar-refractivity contribution in [3.05, 3.63) is 29.6 Å². The number of hydrogen-bond donors (Lipinski definition) is 2. The molecule has 0 amide bonds. The maximum absolute atomic E-state index is 12.9. The highest BCUT2D eigenvalue weighted by atomic mass is 19.1. The Bertz CT molecular complexity index is 404. The topological polar surface area (TPSA) is 65.3 Å². The summed E-state index contributed by atoms with van der Waals surface area (Å²) >= 11 is 0. The SMILES string of the molecule is CCOCC(O)CNc1ccc(F)cc1C#N. The molecule has 1 rings (SSSR count). The lowest BCUT2D eigenvalue weighted by Crippen LogP contribution is -2.25. The van der Waals surface area contributed by atoms with Gasteiger partial charge in [0.05, 0.1) is 24.0 Å². The van der Waals surface area contributed by atoms with Crippen LogP contribution in [0, 0.1) is 17.1 Å². The lowest BCUT2D eigenvalue weighted by Gasteiger charge is -2.13. The molecule has 0 aromatic heterocycles. The number of aliphatic hydroxyl groups is 1. The van der Waals surface area contributed by atoms with Gasteiger partial charge in [0.1, 0.15) is 11.9 Å². The lowest BCUT2D eigenvalue weighted by molar-refractivity contribution is 0.0496. The monoisotopic (exact) mass is 238 g/mol. The summed E-state index contributed by atoms with van der Waals surface area (Å²) in [6.45, 7) is 2.86. The van der Waals surface area contributed by atoms with Crippen LogP contribution in [0.15, 0.2) is 18.2 Å². The van der Waals surface area contributed by atoms with E-state index in [1.807, 2.05) is 13.0 Å². The predicted octanol–water partition coefficient (Wildman–Crippen LogP) is 1.51. The maximum Gasteiger partial charge on any atom is 0.124 e. The third-order valence-corrected chi connectivity index (χ3v) is 2.14. The van der Waals surface area contributed by atoms with Gasteiger partial charge in [0.25, 0.3) is 0 Å². The zero-order valence-electron chi connectivity index (χ0n) is 9.61. The summed E-state index contributed by atoms with van der Waals surface area (Å²) in [6.07, 6.45) is -0.661. The average Bonchev–Trinajstić information content (AvgIpc) is 2.34. The van der Waals surface area contributed by atoms with Gasteiger partial charge in [-0.1, -0.05) is 0 Å². The molecule has 1 unspecified atom stereocenters. The molecule has 5 heteroatoms. The predicted molar refractivity (Wildman–Crippen MR) is 62.1 cm³/mol. The van der Waals surface area contributed by atoms with Crippen molar-refractivity contribution < 1.29 is 14.2 Å². The van der Waals surface area contributed by atoms with Crippen molar-refractivity contribution >= 4 is 5.69 Å². The van der Waals surface area contributed by atoms with Crippen molar-refractivity contribution in [1.82, 2.24) is 0 Å². The molecule has 0 radical (unpaired) electrons. The molecule has 0 saturated heterocycles. The van der Waals surface area contributed by atoms with E-state index in [0.717, 1.165) is 6.07 Å². The van der Waals surface area contributed by atoms with Crippen molar-refractivity contribution in [2.24, 2.45) is 0 Å². The molecule has 92 valence electrons. The van der Waals surface area contributed by atoms with Gasteiger partial charge in [-0.15, -0.1) is 0 Å². The van der Waals surface area contributed by atoms with Gasteiger partial charge in [0.2, 0.25) is 0 Å². The number of anilines is 1. The fourth-order valence-electron chi connectivity index (χ4n) is 1.30. The number of rotatable bonds is 6. The molecule has 0 aliphatic rings. The highest BCUT2D eigenvalue weighted by Crippen LogP contribution is 2.15. The first-order chi connectivity index (χ1) is 8.17. The Morgan fingerprint density at radius 1 is 1.59 bits per heavy atom. The van der Waals surface area contributed by atoms with Gasteiger partial charge >= 0.3 is 0 Å². The molecule has 4 nitrogen and oxygen atoms in total. The third kappa shape index (κ3) is 4.39. The summed E-state index contributed by atoms with van der Waals surface area (Å²) in [7, 11) is 0. The first kappa shape index (κ1) is 13.4. The van der Waals surface area contributed by atoms with Crippen LogP contribution in [0.1, 0.15) is 12.5 Å². The van der Waals surface area contributed by atoms with E-state index in [0.29, 0.717) is 12.3 Å². The number of halogens is 1. The fourth-order valence-corrected chi connectivity index (χ4v) is 1.30. The smallest absolute Gasteiger partial charge is 0.124 e. The average molecular weight is 238 g/mol. The number of benzene rings is 1. The Morgan fingerprint density at radius 2 is 2.35 bits per heavy atom. The fraction of sp³-hybridized carbons (Fsp3) is 0.417. The van der Waals surface area contributed by atoms with Crippen LogP contribution < -0.4 is 5.32 Å². The molecule has 0 fully saturated rings. The zero-order chi connectivity index (χ0) is 12.7. The highest BCUT2D eigenvalue weighted by molar-refractivity contribution is 5.57. The molecule has 0 heterocycles. The van der Waals surface area contributed by atoms with Crippen LogP contribution in [0.2, 0.25) is 0 Å². The van der Waals surface area contributed by atoms with Crippen molar-refractivity contribution in [2.45, 2.75) is 13.0 Å². The van der Waals surface area contributed by atoms with E-state index < -0.39 is 11.9 Å². The van der Waals surface area contributed by atoms with Gasteiger partial charge < -0.3 is 15.2 Å². The third-order valence-electron chi connectivity index (χ3n) is 2.14. The van der Waals surface area contributed by atoms with E-state index in [9.17, 15) is 9.50 Å². The maximum atomic E-state index is 12.9. The number of ether oxygens (including phenoxy) is 1. The van der Waals surface area contributed by atoms with Crippen LogP contribution in [0.3, 0.4) is 0 Å². The molecule has 0 bridgehead atoms. The van der Waals surface area contributed by atoms with Gasteiger partial charge in [-0.05, 0) is 25.1 Å². The Kier molecular flexibility index (Phi) is 5.40. The first-order valence-corrected chi connectivity index (χ1v) is 5.36. The van der Waals surface area contributed by atoms with Crippen molar-refractivity contribution in [1.29, 1.82) is 5.26 Å². The van der Waals surface area contributed by atoms with E-state index in [1.54, 1.807) is 0 Å². The Hall–Kier alpha value is -1.64. The standard InChI is InChI=1S/C12H15FN2O2/c1-2-17-8-11(16)7-15-12-4-3-10(13)5-9(12)6-14/h3-5,11,15-16H,2,7-8H2,1H3. The summed E-state index contributed by atoms with van der Waals surface area (Å²) in [5.74, 6) is -0.457. The molecule has 2 N–H and O–H groups in total. The van der Waals surface area contributed by atoms with Crippen LogP contribution in [0.5, 0.6) is 0 Å². The molecule has 1 aromatic carbocycles. The Morgan fingerprint density at radius 3 is 3.00 bits per heavy atom. The number of nitriles is 1. The molecule has 1 atom stereocenters. The molecular formula is C12H15FN2O2. The van der Waals surface area contributed by atoms with Gasteiger partial charge in [-0.3, -0.25) is 0 Å². The van der Waals surface area contributed by atoms with Crippen LogP contribution >= 0.6 is 0 Å². The number of nitrogens with one attached hydrogen (secondary N) is 1. The summed E-state index contributed by atoms with van der Waals surface area (Å²) in [5.41, 5.74) is 0.720. The largest absolute Gasteiger partial charge is 0.389 e. The highest BCUT2D eigenvalue weighted by Gasteiger charge is 2.07. The second kappa shape index (κ2) is 6.84.